The van der Waals surface area contributed by atoms with E-state index in [4.69, 9.17) is 0 Å². The molecule has 0 N–H and O–H groups in total. The van der Waals surface area contributed by atoms with E-state index in [1.54, 1.807) is 0 Å². The zero-order valence-electron chi connectivity index (χ0n) is 12.0. The molecule has 0 aromatic carbocycles. The van der Waals surface area contributed by atoms with Gasteiger partial charge in [-0.05, 0) is 0 Å². The smallest absolute Gasteiger partial charge is 0.244 e. The molecule has 0 aromatic rings. The lowest BCUT2D eigenvalue weighted by atomic mass is 9.94. The van der Waals surface area contributed by atoms with Crippen molar-refractivity contribution < 1.29 is 79.0 Å². The minimum absolute atomic E-state index is 3.85. The second-order valence-corrected chi connectivity index (χ2v) is 4.84. The van der Waals surface area contributed by atoms with Gasteiger partial charge >= 0.3 is 41.7 Å². The molecule has 0 saturated heterocycles. The molecule has 0 aliphatic carbocycles. The fourth-order valence-corrected chi connectivity index (χ4v) is 1.35. The minimum atomic E-state index is -8.03. The first kappa shape index (κ1) is 26.5. The minimum Gasteiger partial charge on any atom is -0.244 e. The molecule has 0 nitrogen and oxygen atoms in total. The highest BCUT2D eigenvalue weighted by Crippen LogP contribution is 2.58. The summed E-state index contributed by atoms with van der Waals surface area (Å²) < 4.78 is 226. The lowest BCUT2D eigenvalue weighted by Crippen LogP contribution is -2.63. The van der Waals surface area contributed by atoms with Crippen molar-refractivity contribution in [2.24, 2.45) is 0 Å². The van der Waals surface area contributed by atoms with Crippen LogP contribution < -0.4 is 0 Å². The Balaban J connectivity index is 6.87. The Labute approximate surface area is 140 Å². The average Bonchev–Trinajstić information content (AvgIpc) is 2.49. The van der Waals surface area contributed by atoms with Crippen molar-refractivity contribution in [2.45, 2.75) is 41.7 Å². The zero-order chi connectivity index (χ0) is 23.4. The van der Waals surface area contributed by atoms with Gasteiger partial charge in [-0.2, -0.15) is 61.5 Å². The number of halogens is 18. The van der Waals surface area contributed by atoms with E-state index in [2.05, 4.69) is 0 Å². The van der Waals surface area contributed by atoms with Gasteiger partial charge in [-0.3, -0.25) is 0 Å². The lowest BCUT2D eigenvalue weighted by Gasteiger charge is -2.36. The number of hydrogen-bond acceptors (Lipinski definition) is 0. The van der Waals surface area contributed by atoms with Gasteiger partial charge in [-0.15, -0.1) is 0 Å². The predicted molar refractivity (Wildman–Crippen MR) is 51.0 cm³/mol. The van der Waals surface area contributed by atoms with Gasteiger partial charge in [-0.25, -0.2) is 17.6 Å². The fraction of sp³-hybridized carbons (Fsp3) is 0.800. The maximum Gasteiger partial charge on any atom is 0.438 e. The van der Waals surface area contributed by atoms with Gasteiger partial charge in [-0.1, -0.05) is 0 Å². The van der Waals surface area contributed by atoms with Crippen LogP contribution in [0.3, 0.4) is 0 Å². The second-order valence-electron chi connectivity index (χ2n) is 4.84. The monoisotopic (exact) mass is 464 g/mol. The van der Waals surface area contributed by atoms with Crippen LogP contribution in [0.25, 0.3) is 0 Å². The van der Waals surface area contributed by atoms with E-state index in [1.807, 2.05) is 0 Å². The Morgan fingerprint density at radius 1 is 0.500 bits per heavy atom. The molecule has 168 valence electrons. The van der Waals surface area contributed by atoms with Gasteiger partial charge in [0.1, 0.15) is 0 Å². The average molecular weight is 464 g/mol. The molecular weight excluding hydrogens is 462 g/mol. The van der Waals surface area contributed by atoms with Crippen molar-refractivity contribution in [1.29, 1.82) is 0 Å². The van der Waals surface area contributed by atoms with Crippen LogP contribution in [0.15, 0.2) is 11.7 Å². The Morgan fingerprint density at radius 3 is 1.07 bits per heavy atom. The number of hydrogen-bond donors (Lipinski definition) is 0. The van der Waals surface area contributed by atoms with Gasteiger partial charge in [0.25, 0.3) is 0 Å². The van der Waals surface area contributed by atoms with Crippen LogP contribution >= 0.6 is 0 Å². The van der Waals surface area contributed by atoms with E-state index in [0.717, 1.165) is 0 Å². The molecule has 0 fully saturated rings. The van der Waals surface area contributed by atoms with E-state index in [0.29, 0.717) is 0 Å². The highest BCUT2D eigenvalue weighted by atomic mass is 19.4. The number of allylic oxidation sites excluding steroid dienone is 2. The third-order valence-electron chi connectivity index (χ3n) is 2.97. The standard InChI is InChI=1S/C10H2F18/c11-1-4(14,15)7(19,20)8(21,22)6(17,18)3(13)2(12)5(16,9(23,24)25)10(26,27)28/h1H2. The highest BCUT2D eigenvalue weighted by Gasteiger charge is 2.84. The summed E-state index contributed by atoms with van der Waals surface area (Å²) >= 11 is 0. The Bertz CT molecular complexity index is 589. The molecule has 0 aliphatic rings. The second kappa shape index (κ2) is 6.77. The molecule has 0 rings (SSSR count). The van der Waals surface area contributed by atoms with Gasteiger partial charge in [0.2, 0.25) is 5.83 Å². The maximum absolute atomic E-state index is 13.1. The van der Waals surface area contributed by atoms with Crippen LogP contribution in [0.4, 0.5) is 79.0 Å². The van der Waals surface area contributed by atoms with Crippen molar-refractivity contribution in [1.82, 2.24) is 0 Å². The van der Waals surface area contributed by atoms with Crippen molar-refractivity contribution in [3.63, 3.8) is 0 Å². The molecule has 0 spiro atoms. The summed E-state index contributed by atoms with van der Waals surface area (Å²) in [4.78, 5) is 0. The van der Waals surface area contributed by atoms with Crippen LogP contribution in [0, 0.1) is 0 Å². The van der Waals surface area contributed by atoms with Crippen LogP contribution in [-0.2, 0) is 0 Å². The predicted octanol–water partition coefficient (Wildman–Crippen LogP) is 6.48. The first-order valence-electron chi connectivity index (χ1n) is 5.83. The van der Waals surface area contributed by atoms with E-state index in [9.17, 15) is 79.0 Å². The first-order valence-corrected chi connectivity index (χ1v) is 5.83. The summed E-state index contributed by atoms with van der Waals surface area (Å²) in [7, 11) is 0. The summed E-state index contributed by atoms with van der Waals surface area (Å²) in [5.74, 6) is -41.3. The summed E-state index contributed by atoms with van der Waals surface area (Å²) in [6.45, 7) is -3.85. The SMILES string of the molecule is FCC(F)(F)C(F)(F)C(F)(F)C(F)(F)C(F)=C(F)C(F)(C(F)(F)F)C(F)(F)F. The lowest BCUT2D eigenvalue weighted by molar-refractivity contribution is -0.364. The molecule has 0 radical (unpaired) electrons. The van der Waals surface area contributed by atoms with Crippen LogP contribution in [0.1, 0.15) is 0 Å². The summed E-state index contributed by atoms with van der Waals surface area (Å²) in [6.07, 6.45) is -15.4. The first-order chi connectivity index (χ1) is 11.9. The number of alkyl halides is 16. The molecule has 18 heteroatoms. The molecule has 0 heterocycles. The third-order valence-corrected chi connectivity index (χ3v) is 2.97. The topological polar surface area (TPSA) is 0 Å². The van der Waals surface area contributed by atoms with E-state index in [1.165, 1.54) is 0 Å². The largest absolute Gasteiger partial charge is 0.438 e. The van der Waals surface area contributed by atoms with Crippen molar-refractivity contribution >= 4 is 0 Å². The van der Waals surface area contributed by atoms with Gasteiger partial charge in [0.05, 0.1) is 0 Å². The van der Waals surface area contributed by atoms with E-state index >= 15 is 0 Å². The highest BCUT2D eigenvalue weighted by molar-refractivity contribution is 5.27. The molecule has 0 amide bonds. The van der Waals surface area contributed by atoms with Gasteiger partial charge < -0.3 is 0 Å². The summed E-state index contributed by atoms with van der Waals surface area (Å²) in [6, 6.07) is 0. The van der Waals surface area contributed by atoms with Crippen LogP contribution in [-0.4, -0.2) is 48.4 Å². The molecular formula is C10H2F18. The molecule has 0 aromatic heterocycles. The molecule has 0 saturated carbocycles. The van der Waals surface area contributed by atoms with Crippen molar-refractivity contribution in [3.8, 4) is 0 Å². The Kier molecular flexibility index (Phi) is 6.41. The van der Waals surface area contributed by atoms with E-state index in [-0.39, 0.29) is 0 Å². The summed E-state index contributed by atoms with van der Waals surface area (Å²) in [5.41, 5.74) is -7.75. The van der Waals surface area contributed by atoms with Gasteiger partial charge in [0.15, 0.2) is 12.5 Å². The van der Waals surface area contributed by atoms with Gasteiger partial charge in [0, 0.05) is 0 Å². The molecule has 0 unspecified atom stereocenters. The zero-order valence-corrected chi connectivity index (χ0v) is 12.0. The molecule has 0 aliphatic heterocycles. The third kappa shape index (κ3) is 3.46. The molecule has 0 bridgehead atoms. The molecule has 28 heavy (non-hydrogen) atoms. The normalized spacial score (nSPS) is 16.9. The Morgan fingerprint density at radius 2 is 0.821 bits per heavy atom. The van der Waals surface area contributed by atoms with Crippen LogP contribution in [0.2, 0.25) is 0 Å². The molecule has 0 atom stereocenters. The van der Waals surface area contributed by atoms with Crippen molar-refractivity contribution in [2.75, 3.05) is 6.67 Å². The van der Waals surface area contributed by atoms with Crippen LogP contribution in [0.5, 0.6) is 0 Å². The quantitative estimate of drug-likeness (QED) is 0.395. The summed E-state index contributed by atoms with van der Waals surface area (Å²) in [5, 5.41) is 0. The maximum atomic E-state index is 13.1. The Hall–Kier alpha value is -1.52. The van der Waals surface area contributed by atoms with E-state index < -0.39 is 60.0 Å². The fourth-order valence-electron chi connectivity index (χ4n) is 1.35. The van der Waals surface area contributed by atoms with Crippen molar-refractivity contribution in [3.05, 3.63) is 11.7 Å². The number of rotatable bonds is 6.